The van der Waals surface area contributed by atoms with Gasteiger partial charge in [0.25, 0.3) is 5.91 Å². The van der Waals surface area contributed by atoms with E-state index in [2.05, 4.69) is 0 Å². The smallest absolute Gasteiger partial charge is 0.255 e. The monoisotopic (exact) mass is 337 g/mol. The van der Waals surface area contributed by atoms with Crippen LogP contribution in [0.1, 0.15) is 17.0 Å². The third-order valence-corrected chi connectivity index (χ3v) is 4.14. The molecule has 3 aromatic carbocycles. The summed E-state index contributed by atoms with van der Waals surface area (Å²) in [5.41, 5.74) is 5.41. The van der Waals surface area contributed by atoms with Crippen LogP contribution in [0.5, 0.6) is 0 Å². The van der Waals surface area contributed by atoms with E-state index >= 15 is 0 Å². The number of benzene rings is 3. The molecule has 24 heavy (non-hydrogen) atoms. The van der Waals surface area contributed by atoms with E-state index in [9.17, 15) is 4.79 Å². The van der Waals surface area contributed by atoms with Crippen molar-refractivity contribution < 1.29 is 10.0 Å². The molecule has 1 amide bonds. The van der Waals surface area contributed by atoms with Crippen LogP contribution >= 0.6 is 11.6 Å². The van der Waals surface area contributed by atoms with Crippen LogP contribution in [0.25, 0.3) is 11.1 Å². The number of rotatable bonds is 4. The summed E-state index contributed by atoms with van der Waals surface area (Å²) in [4.78, 5) is 12.1. The fourth-order valence-corrected chi connectivity index (χ4v) is 2.93. The average molecular weight is 338 g/mol. The Morgan fingerprint density at radius 1 is 0.833 bits per heavy atom. The Balaban J connectivity index is 1.96. The van der Waals surface area contributed by atoms with Crippen LogP contribution in [0, 0.1) is 0 Å². The Labute approximate surface area is 145 Å². The highest BCUT2D eigenvalue weighted by molar-refractivity contribution is 6.30. The number of halogens is 1. The second kappa shape index (κ2) is 7.30. The minimum absolute atomic E-state index is 0.461. The Morgan fingerprint density at radius 3 is 2.12 bits per heavy atom. The van der Waals surface area contributed by atoms with E-state index in [0.717, 1.165) is 22.3 Å². The van der Waals surface area contributed by atoms with Gasteiger partial charge in [-0.2, -0.15) is 0 Å². The van der Waals surface area contributed by atoms with Crippen molar-refractivity contribution in [3.8, 4) is 11.1 Å². The summed E-state index contributed by atoms with van der Waals surface area (Å²) in [5.74, 6) is -1.03. The highest BCUT2D eigenvalue weighted by atomic mass is 35.5. The zero-order valence-electron chi connectivity index (χ0n) is 12.8. The first-order valence-electron chi connectivity index (χ1n) is 7.54. The number of hydrogen-bond acceptors (Lipinski definition) is 2. The summed E-state index contributed by atoms with van der Waals surface area (Å²) >= 11 is 6.04. The quantitative estimate of drug-likeness (QED) is 0.538. The first-order valence-corrected chi connectivity index (χ1v) is 7.91. The van der Waals surface area contributed by atoms with Gasteiger partial charge in [0.15, 0.2) is 0 Å². The minimum Gasteiger partial charge on any atom is -0.289 e. The van der Waals surface area contributed by atoms with E-state index in [0.29, 0.717) is 5.02 Å². The Bertz CT molecular complexity index is 832. The maximum atomic E-state index is 12.1. The molecule has 0 spiro atoms. The number of hydroxylamine groups is 1. The van der Waals surface area contributed by atoms with E-state index in [-0.39, 0.29) is 0 Å². The molecular formula is C20H16ClNO2. The number of carbonyl (C=O) groups excluding carboxylic acids is 1. The van der Waals surface area contributed by atoms with Crippen LogP contribution in [0.15, 0.2) is 78.9 Å². The molecular weight excluding hydrogens is 322 g/mol. The lowest BCUT2D eigenvalue weighted by Crippen LogP contribution is -2.27. The zero-order valence-corrected chi connectivity index (χ0v) is 13.6. The van der Waals surface area contributed by atoms with E-state index in [1.807, 2.05) is 78.9 Å². The summed E-state index contributed by atoms with van der Waals surface area (Å²) in [7, 11) is 0. The van der Waals surface area contributed by atoms with Gasteiger partial charge in [-0.25, -0.2) is 5.48 Å². The van der Waals surface area contributed by atoms with Gasteiger partial charge < -0.3 is 0 Å². The van der Waals surface area contributed by atoms with Crippen LogP contribution in [-0.4, -0.2) is 11.1 Å². The molecule has 2 N–H and O–H groups in total. The van der Waals surface area contributed by atoms with Crippen molar-refractivity contribution >= 4 is 17.5 Å². The number of nitrogens with one attached hydrogen (secondary N) is 1. The van der Waals surface area contributed by atoms with Gasteiger partial charge in [0.2, 0.25) is 0 Å². The molecule has 3 nitrogen and oxygen atoms in total. The van der Waals surface area contributed by atoms with Crippen molar-refractivity contribution in [1.29, 1.82) is 0 Å². The van der Waals surface area contributed by atoms with Gasteiger partial charge in [-0.05, 0) is 34.4 Å². The molecule has 0 aliphatic carbocycles. The van der Waals surface area contributed by atoms with E-state index in [1.54, 1.807) is 5.48 Å². The summed E-state index contributed by atoms with van der Waals surface area (Å²) in [5, 5.41) is 9.76. The van der Waals surface area contributed by atoms with Gasteiger partial charge in [0.05, 0.1) is 5.92 Å². The summed E-state index contributed by atoms with van der Waals surface area (Å²) in [6, 6.07) is 24.6. The van der Waals surface area contributed by atoms with Crippen molar-refractivity contribution in [2.24, 2.45) is 0 Å². The van der Waals surface area contributed by atoms with Crippen LogP contribution in [0.4, 0.5) is 0 Å². The first kappa shape index (κ1) is 16.2. The molecule has 0 aromatic heterocycles. The van der Waals surface area contributed by atoms with Gasteiger partial charge in [-0.3, -0.25) is 10.0 Å². The number of hydrogen-bond donors (Lipinski definition) is 2. The molecule has 1 unspecified atom stereocenters. The fraction of sp³-hybridized carbons (Fsp3) is 0.0500. The summed E-state index contributed by atoms with van der Waals surface area (Å²) in [6.45, 7) is 0. The molecule has 120 valence electrons. The second-order valence-electron chi connectivity index (χ2n) is 5.45. The van der Waals surface area contributed by atoms with Crippen LogP contribution in [0.3, 0.4) is 0 Å². The highest BCUT2D eigenvalue weighted by Crippen LogP contribution is 2.28. The normalized spacial score (nSPS) is 11.8. The molecule has 3 rings (SSSR count). The highest BCUT2D eigenvalue weighted by Gasteiger charge is 2.22. The lowest BCUT2D eigenvalue weighted by molar-refractivity contribution is -0.129. The molecule has 0 aliphatic rings. The van der Waals surface area contributed by atoms with Crippen molar-refractivity contribution in [2.45, 2.75) is 5.92 Å². The molecule has 0 radical (unpaired) electrons. The third-order valence-electron chi connectivity index (χ3n) is 3.91. The van der Waals surface area contributed by atoms with Gasteiger partial charge in [-0.1, -0.05) is 78.3 Å². The predicted octanol–water partition coefficient (Wildman–Crippen LogP) is 4.64. The average Bonchev–Trinajstić information content (AvgIpc) is 2.63. The van der Waals surface area contributed by atoms with E-state index in [1.165, 1.54) is 0 Å². The molecule has 1 atom stereocenters. The Kier molecular flexibility index (Phi) is 4.94. The standard InChI is InChI=1S/C20H16ClNO2/c21-18-8-4-7-17(13-18)14-9-11-16(12-10-14)19(20(23)22-24)15-5-2-1-3-6-15/h1-13,19,24H,(H,22,23). The largest absolute Gasteiger partial charge is 0.289 e. The molecule has 0 aliphatic heterocycles. The Hall–Kier alpha value is -2.62. The third kappa shape index (κ3) is 3.48. The minimum atomic E-state index is -0.565. The topological polar surface area (TPSA) is 49.3 Å². The number of amides is 1. The second-order valence-corrected chi connectivity index (χ2v) is 5.89. The SMILES string of the molecule is O=C(NO)C(c1ccccc1)c1ccc(-c2cccc(Cl)c2)cc1. The van der Waals surface area contributed by atoms with Gasteiger partial charge >= 0.3 is 0 Å². The lowest BCUT2D eigenvalue weighted by Gasteiger charge is -2.16. The van der Waals surface area contributed by atoms with Crippen molar-refractivity contribution in [3.63, 3.8) is 0 Å². The van der Waals surface area contributed by atoms with Crippen molar-refractivity contribution in [3.05, 3.63) is 95.0 Å². The molecule has 0 fully saturated rings. The zero-order chi connectivity index (χ0) is 16.9. The number of carbonyl (C=O) groups is 1. The van der Waals surface area contributed by atoms with Crippen LogP contribution < -0.4 is 5.48 Å². The molecule has 0 bridgehead atoms. The lowest BCUT2D eigenvalue weighted by atomic mass is 9.89. The van der Waals surface area contributed by atoms with Crippen molar-refractivity contribution in [2.75, 3.05) is 0 Å². The molecule has 0 saturated heterocycles. The first-order chi connectivity index (χ1) is 11.7. The maximum Gasteiger partial charge on any atom is 0.255 e. The summed E-state index contributed by atoms with van der Waals surface area (Å²) < 4.78 is 0. The molecule has 0 saturated carbocycles. The van der Waals surface area contributed by atoms with Gasteiger partial charge in [-0.15, -0.1) is 0 Å². The fourth-order valence-electron chi connectivity index (χ4n) is 2.74. The molecule has 0 heterocycles. The van der Waals surface area contributed by atoms with Crippen LogP contribution in [0.2, 0.25) is 5.02 Å². The Morgan fingerprint density at radius 2 is 1.50 bits per heavy atom. The summed E-state index contributed by atoms with van der Waals surface area (Å²) in [6.07, 6.45) is 0. The van der Waals surface area contributed by atoms with Gasteiger partial charge in [0, 0.05) is 5.02 Å². The maximum absolute atomic E-state index is 12.1. The van der Waals surface area contributed by atoms with E-state index < -0.39 is 11.8 Å². The molecule has 4 heteroatoms. The predicted molar refractivity (Wildman–Crippen MR) is 95.1 cm³/mol. The van der Waals surface area contributed by atoms with Crippen molar-refractivity contribution in [1.82, 2.24) is 5.48 Å². The van der Waals surface area contributed by atoms with E-state index in [4.69, 9.17) is 16.8 Å². The molecule has 3 aromatic rings. The van der Waals surface area contributed by atoms with Gasteiger partial charge in [0.1, 0.15) is 0 Å². The van der Waals surface area contributed by atoms with Crippen LogP contribution in [-0.2, 0) is 4.79 Å².